The van der Waals surface area contributed by atoms with Crippen molar-refractivity contribution in [3.63, 3.8) is 0 Å². The number of hydrogen-bond acceptors (Lipinski definition) is 10. The number of phenolic OH excluding ortho intramolecular Hbond substituents is 1. The monoisotopic (exact) mass is 530 g/mol. The summed E-state index contributed by atoms with van der Waals surface area (Å²) in [5.41, 5.74) is 0.217. The number of hydrogen-bond donors (Lipinski definition) is 1. The van der Waals surface area contributed by atoms with Gasteiger partial charge in [0.05, 0.1) is 0 Å². The number of rotatable bonds is 3. The second-order valence-corrected chi connectivity index (χ2v) is 14.0. The Labute approximate surface area is 217 Å². The van der Waals surface area contributed by atoms with Gasteiger partial charge in [-0.3, -0.25) is 0 Å². The molecule has 2 aliphatic rings. The van der Waals surface area contributed by atoms with Crippen LogP contribution in [-0.2, 0) is 14.3 Å². The molecule has 0 atom stereocenters. The maximum absolute atomic E-state index is 12.6. The first-order chi connectivity index (χ1) is 15.7. The zero-order valence-corrected chi connectivity index (χ0v) is 23.2. The van der Waals surface area contributed by atoms with Crippen molar-refractivity contribution in [2.75, 3.05) is 0 Å². The zero-order chi connectivity index (χ0) is 25.6. The van der Waals surface area contributed by atoms with Crippen LogP contribution in [0.3, 0.4) is 0 Å². The Morgan fingerprint density at radius 1 is 0.824 bits per heavy atom. The van der Waals surface area contributed by atoms with Crippen LogP contribution in [0.1, 0.15) is 47.1 Å². The van der Waals surface area contributed by atoms with Gasteiger partial charge >= 0.3 is 192 Å². The van der Waals surface area contributed by atoms with Crippen LogP contribution in [0.25, 0.3) is 0 Å². The van der Waals surface area contributed by atoms with E-state index >= 15 is 0 Å². The third-order valence-electron chi connectivity index (χ3n) is 4.25. The topological polar surface area (TPSA) is 103 Å². The van der Waals surface area contributed by atoms with E-state index in [0.717, 1.165) is 15.4 Å². The van der Waals surface area contributed by atoms with Gasteiger partial charge in [0.25, 0.3) is 0 Å². The van der Waals surface area contributed by atoms with Crippen molar-refractivity contribution >= 4 is 66.2 Å². The number of thioether (sulfide) groups is 4. The predicted octanol–water partition coefficient (Wildman–Crippen LogP) is 5.75. The second-order valence-electron chi connectivity index (χ2n) is 9.39. The van der Waals surface area contributed by atoms with Crippen molar-refractivity contribution in [1.82, 2.24) is 0 Å². The van der Waals surface area contributed by atoms with E-state index in [0.29, 0.717) is 23.8 Å². The van der Waals surface area contributed by atoms with Crippen LogP contribution in [-0.4, -0.2) is 35.4 Å². The molecule has 1 aromatic rings. The molecule has 0 aliphatic carbocycles. The van der Waals surface area contributed by atoms with Crippen LogP contribution in [0.4, 0.5) is 0 Å². The molecule has 0 fully saturated rings. The molecule has 2 heterocycles. The van der Waals surface area contributed by atoms with Crippen molar-refractivity contribution in [3.8, 4) is 17.9 Å². The first-order valence-electron chi connectivity index (χ1n) is 10.2. The van der Waals surface area contributed by atoms with Gasteiger partial charge in [0.15, 0.2) is 0 Å². The summed E-state index contributed by atoms with van der Waals surface area (Å²) in [4.78, 5) is 15.4. The van der Waals surface area contributed by atoms with Crippen LogP contribution in [0.15, 0.2) is 39.2 Å². The number of carbonyl (C=O) groups is 1. The molecule has 0 radical (unpaired) electrons. The molecule has 34 heavy (non-hydrogen) atoms. The van der Waals surface area contributed by atoms with Gasteiger partial charge in [0, 0.05) is 0 Å². The number of phenols is 1. The fourth-order valence-corrected chi connectivity index (χ4v) is 8.43. The van der Waals surface area contributed by atoms with Gasteiger partial charge < -0.3 is 0 Å². The molecular weight excluding hydrogens is 507 g/mol. The Bertz CT molecular complexity index is 1120. The van der Waals surface area contributed by atoms with Gasteiger partial charge in [-0.1, -0.05) is 0 Å². The molecular formula is C23H23BN2O4S4. The number of nitrogens with zero attached hydrogens (tertiary/aromatic N) is 2. The summed E-state index contributed by atoms with van der Waals surface area (Å²) < 4.78 is 12.3. The number of nitriles is 2. The SMILES string of the molecule is B=C(OC(C)(C)C)/C(C#N)=C1\Sc2c(C)c3c(c(O)c2S1)S/C(=C(/C#N)C(=O)OC(C)(C)C)S3. The molecule has 1 aromatic carbocycles. The molecule has 0 unspecified atom stereocenters. The molecule has 176 valence electrons. The standard InChI is InChI=1S/C23H23BN2O4S4/c1-10-14-16(33-20(31-14)11(8-25)18(24)29-22(2,3)4)13(27)17-15(10)32-21(34-17)12(9-26)19(28)30-23(5,6)7/h24,27H,1-7H3/b20-11+,21-12-. The molecule has 0 aromatic heterocycles. The van der Waals surface area contributed by atoms with Crippen molar-refractivity contribution in [1.29, 1.82) is 10.5 Å². The number of benzene rings is 1. The van der Waals surface area contributed by atoms with Gasteiger partial charge in [-0.15, -0.1) is 0 Å². The van der Waals surface area contributed by atoms with E-state index in [1.165, 1.54) is 47.0 Å². The van der Waals surface area contributed by atoms with E-state index in [4.69, 9.17) is 9.47 Å². The molecule has 0 saturated carbocycles. The second kappa shape index (κ2) is 9.62. The van der Waals surface area contributed by atoms with E-state index < -0.39 is 17.2 Å². The fraction of sp³-hybridized carbons (Fsp3) is 0.391. The molecule has 0 bridgehead atoms. The molecule has 2 aliphatic heterocycles. The summed E-state index contributed by atoms with van der Waals surface area (Å²) in [5, 5.41) is 30.5. The van der Waals surface area contributed by atoms with Crippen molar-refractivity contribution < 1.29 is 19.4 Å². The average Bonchev–Trinajstić information content (AvgIpc) is 3.30. The Kier molecular flexibility index (Phi) is 7.55. The van der Waals surface area contributed by atoms with Gasteiger partial charge in [-0.2, -0.15) is 0 Å². The van der Waals surface area contributed by atoms with E-state index in [1.807, 2.05) is 33.8 Å². The van der Waals surface area contributed by atoms with E-state index in [1.54, 1.807) is 20.8 Å². The minimum absolute atomic E-state index is 0.0664. The predicted molar refractivity (Wildman–Crippen MR) is 140 cm³/mol. The van der Waals surface area contributed by atoms with Crippen LogP contribution >= 0.6 is 47.0 Å². The Hall–Kier alpha value is -1.92. The molecule has 1 N–H and O–H groups in total. The number of aromatic hydroxyl groups is 1. The van der Waals surface area contributed by atoms with E-state index in [2.05, 4.69) is 13.6 Å². The molecule has 0 amide bonds. The van der Waals surface area contributed by atoms with E-state index in [9.17, 15) is 20.4 Å². The normalized spacial score (nSPS) is 17.8. The summed E-state index contributed by atoms with van der Waals surface area (Å²) in [6.07, 6.45) is 0. The minimum atomic E-state index is -0.727. The molecule has 0 spiro atoms. The van der Waals surface area contributed by atoms with Crippen molar-refractivity contribution in [2.45, 2.75) is 79.3 Å². The summed E-state index contributed by atoms with van der Waals surface area (Å²) in [6.45, 7) is 12.8. The van der Waals surface area contributed by atoms with E-state index in [-0.39, 0.29) is 17.0 Å². The first-order valence-corrected chi connectivity index (χ1v) is 13.4. The summed E-state index contributed by atoms with van der Waals surface area (Å²) >= 11 is 5.13. The van der Waals surface area contributed by atoms with Crippen LogP contribution in [0, 0.1) is 29.6 Å². The number of ether oxygens (including phenoxy) is 2. The van der Waals surface area contributed by atoms with Gasteiger partial charge in [-0.05, 0) is 20.8 Å². The number of fused-ring (bicyclic) bond motifs is 2. The molecule has 0 saturated heterocycles. The number of carbonyl (C=O) groups excluding carboxylic acids is 1. The summed E-state index contributed by atoms with van der Waals surface area (Å²) in [6, 6.07) is 4.15. The van der Waals surface area contributed by atoms with Crippen LogP contribution < -0.4 is 0 Å². The van der Waals surface area contributed by atoms with Gasteiger partial charge in [-0.25, -0.2) is 0 Å². The van der Waals surface area contributed by atoms with Crippen LogP contribution in [0.2, 0.25) is 0 Å². The maximum atomic E-state index is 12.6. The summed E-state index contributed by atoms with van der Waals surface area (Å²) in [7, 11) is 3.93. The fourth-order valence-electron chi connectivity index (χ4n) is 2.96. The summed E-state index contributed by atoms with van der Waals surface area (Å²) in [5.74, 6) is -0.621. The Balaban J connectivity index is 2.00. The van der Waals surface area contributed by atoms with Crippen molar-refractivity contribution in [2.24, 2.45) is 0 Å². The number of esters is 1. The molecule has 3 rings (SSSR count). The zero-order valence-electron chi connectivity index (χ0n) is 19.9. The first kappa shape index (κ1) is 26.7. The third kappa shape index (κ3) is 5.49. The quantitative estimate of drug-likeness (QED) is 0.225. The van der Waals surface area contributed by atoms with Gasteiger partial charge in [0.1, 0.15) is 5.60 Å². The third-order valence-corrected chi connectivity index (χ3v) is 9.69. The Morgan fingerprint density at radius 3 is 1.65 bits per heavy atom. The van der Waals surface area contributed by atoms with Gasteiger partial charge in [0.2, 0.25) is 0 Å². The Morgan fingerprint density at radius 2 is 1.24 bits per heavy atom. The van der Waals surface area contributed by atoms with Crippen molar-refractivity contribution in [3.05, 3.63) is 25.2 Å². The molecule has 6 nitrogen and oxygen atoms in total. The average molecular weight is 531 g/mol. The molecule has 11 heteroatoms. The van der Waals surface area contributed by atoms with Crippen LogP contribution in [0.5, 0.6) is 5.75 Å².